The fraction of sp³-hybridized carbons (Fsp3) is 0.667. The highest BCUT2D eigenvalue weighted by Crippen LogP contribution is 2.43. The summed E-state index contributed by atoms with van der Waals surface area (Å²) in [4.78, 5) is 35.2. The van der Waals surface area contributed by atoms with Crippen LogP contribution in [0.25, 0.3) is 0 Å². The number of piperidine rings is 2. The van der Waals surface area contributed by atoms with Gasteiger partial charge in [-0.05, 0) is 56.6 Å². The molecule has 146 valence electrons. The minimum Gasteiger partial charge on any atom is -0.357 e. The number of nitrogens with zero attached hydrogens (tertiary/aromatic N) is 4. The Bertz CT molecular complexity index is 705. The fourth-order valence-electron chi connectivity index (χ4n) is 4.45. The van der Waals surface area contributed by atoms with Crippen LogP contribution in [0.1, 0.15) is 55.8 Å². The summed E-state index contributed by atoms with van der Waals surface area (Å²) in [6.45, 7) is 5.56. The second-order valence-electron chi connectivity index (χ2n) is 8.46. The van der Waals surface area contributed by atoms with Crippen molar-refractivity contribution in [2.24, 2.45) is 5.41 Å². The molecule has 0 radical (unpaired) electrons. The number of anilines is 1. The Balaban J connectivity index is 1.38. The monoisotopic (exact) mass is 370 g/mol. The van der Waals surface area contributed by atoms with Crippen LogP contribution in [0.15, 0.2) is 18.3 Å². The highest BCUT2D eigenvalue weighted by atomic mass is 16.2. The average Bonchev–Trinajstić information content (AvgIpc) is 3.55. The van der Waals surface area contributed by atoms with Crippen LogP contribution in [0.4, 0.5) is 5.82 Å². The Labute approximate surface area is 161 Å². The predicted octanol–water partition coefficient (Wildman–Crippen LogP) is 2.54. The lowest BCUT2D eigenvalue weighted by molar-refractivity contribution is -0.139. The van der Waals surface area contributed by atoms with Gasteiger partial charge in [0, 0.05) is 51.9 Å². The van der Waals surface area contributed by atoms with Crippen molar-refractivity contribution >= 4 is 17.6 Å². The molecule has 3 heterocycles. The van der Waals surface area contributed by atoms with Gasteiger partial charge < -0.3 is 14.7 Å². The van der Waals surface area contributed by atoms with E-state index in [1.54, 1.807) is 18.1 Å². The van der Waals surface area contributed by atoms with E-state index in [1.807, 2.05) is 19.1 Å². The number of carbonyl (C=O) groups is 2. The molecule has 1 aromatic heterocycles. The zero-order valence-corrected chi connectivity index (χ0v) is 16.5. The van der Waals surface area contributed by atoms with Gasteiger partial charge in [-0.2, -0.15) is 0 Å². The van der Waals surface area contributed by atoms with Crippen LogP contribution in [-0.4, -0.2) is 65.9 Å². The minimum absolute atomic E-state index is 0.0150. The van der Waals surface area contributed by atoms with Crippen LogP contribution < -0.4 is 4.90 Å². The molecule has 2 aliphatic heterocycles. The Hall–Kier alpha value is -2.11. The van der Waals surface area contributed by atoms with Crippen LogP contribution in [0.5, 0.6) is 0 Å². The molecule has 3 fully saturated rings. The molecule has 2 saturated heterocycles. The lowest BCUT2D eigenvalue weighted by Crippen LogP contribution is -2.52. The van der Waals surface area contributed by atoms with Gasteiger partial charge in [-0.3, -0.25) is 9.59 Å². The number of likely N-dealkylation sites (tertiary alicyclic amines) is 1. The molecular formula is C21H30N4O2. The highest BCUT2D eigenvalue weighted by molar-refractivity contribution is 5.93. The highest BCUT2D eigenvalue weighted by Gasteiger charge is 2.45. The third-order valence-corrected chi connectivity index (χ3v) is 6.65. The molecule has 0 bridgehead atoms. The number of hydrogen-bond acceptors (Lipinski definition) is 4. The third-order valence-electron chi connectivity index (χ3n) is 6.65. The van der Waals surface area contributed by atoms with E-state index < -0.39 is 0 Å². The number of aromatic nitrogens is 1. The molecule has 1 saturated carbocycles. The average molecular weight is 370 g/mol. The summed E-state index contributed by atoms with van der Waals surface area (Å²) in [6.07, 6.45) is 8.06. The van der Waals surface area contributed by atoms with E-state index in [0.29, 0.717) is 29.5 Å². The van der Waals surface area contributed by atoms with Gasteiger partial charge in [0.25, 0.3) is 5.91 Å². The topological polar surface area (TPSA) is 56.8 Å². The van der Waals surface area contributed by atoms with Gasteiger partial charge in [0.05, 0.1) is 5.56 Å². The molecule has 6 nitrogen and oxygen atoms in total. The summed E-state index contributed by atoms with van der Waals surface area (Å²) in [5, 5.41) is 0. The van der Waals surface area contributed by atoms with Crippen LogP contribution >= 0.6 is 0 Å². The van der Waals surface area contributed by atoms with Gasteiger partial charge in [0.1, 0.15) is 5.82 Å². The Morgan fingerprint density at radius 1 is 1.26 bits per heavy atom. The van der Waals surface area contributed by atoms with Crippen molar-refractivity contribution in [3.8, 4) is 0 Å². The normalized spacial score (nSPS) is 22.2. The SMILES string of the molecule is CCN(C)C(=O)c1ccc(N2CCC3(CCC(=O)N(C4CC4)C3)CC2)nc1. The van der Waals surface area contributed by atoms with Crippen molar-refractivity contribution in [1.82, 2.24) is 14.8 Å². The number of rotatable bonds is 4. The molecule has 27 heavy (non-hydrogen) atoms. The molecule has 0 aromatic carbocycles. The first-order valence-electron chi connectivity index (χ1n) is 10.3. The molecule has 0 unspecified atom stereocenters. The van der Waals surface area contributed by atoms with E-state index in [0.717, 1.165) is 51.1 Å². The number of pyridine rings is 1. The van der Waals surface area contributed by atoms with E-state index in [-0.39, 0.29) is 5.91 Å². The van der Waals surface area contributed by atoms with Gasteiger partial charge >= 0.3 is 0 Å². The van der Waals surface area contributed by atoms with Crippen molar-refractivity contribution in [2.45, 2.75) is 51.5 Å². The summed E-state index contributed by atoms with van der Waals surface area (Å²) in [5.74, 6) is 1.33. The molecular weight excluding hydrogens is 340 g/mol. The van der Waals surface area contributed by atoms with E-state index in [4.69, 9.17) is 0 Å². The van der Waals surface area contributed by atoms with Gasteiger partial charge in [0.2, 0.25) is 5.91 Å². The first-order chi connectivity index (χ1) is 13.0. The smallest absolute Gasteiger partial charge is 0.255 e. The van der Waals surface area contributed by atoms with E-state index in [2.05, 4.69) is 14.8 Å². The predicted molar refractivity (Wildman–Crippen MR) is 105 cm³/mol. The Kier molecular flexibility index (Phi) is 4.82. The molecule has 0 N–H and O–H groups in total. The fourth-order valence-corrected chi connectivity index (χ4v) is 4.45. The molecule has 1 aromatic rings. The zero-order chi connectivity index (χ0) is 19.0. The van der Waals surface area contributed by atoms with E-state index in [9.17, 15) is 9.59 Å². The largest absolute Gasteiger partial charge is 0.357 e. The summed E-state index contributed by atoms with van der Waals surface area (Å²) in [7, 11) is 1.81. The standard InChI is InChI=1S/C21H30N4O2/c1-3-23(2)20(27)16-4-7-18(22-14-16)24-12-10-21(11-13-24)9-8-19(26)25(15-21)17-5-6-17/h4,7,14,17H,3,5-6,8-13,15H2,1-2H3. The number of hydrogen-bond donors (Lipinski definition) is 0. The Morgan fingerprint density at radius 3 is 2.59 bits per heavy atom. The lowest BCUT2D eigenvalue weighted by atomic mass is 9.72. The molecule has 1 aliphatic carbocycles. The maximum Gasteiger partial charge on any atom is 0.255 e. The quantitative estimate of drug-likeness (QED) is 0.817. The van der Waals surface area contributed by atoms with E-state index >= 15 is 0 Å². The lowest BCUT2D eigenvalue weighted by Gasteiger charge is -2.48. The number of amides is 2. The maximum absolute atomic E-state index is 12.2. The molecule has 4 rings (SSSR count). The second kappa shape index (κ2) is 7.13. The van der Waals surface area contributed by atoms with Crippen molar-refractivity contribution in [3.05, 3.63) is 23.9 Å². The van der Waals surface area contributed by atoms with Crippen molar-refractivity contribution in [3.63, 3.8) is 0 Å². The summed E-state index contributed by atoms with van der Waals surface area (Å²) < 4.78 is 0. The Morgan fingerprint density at radius 2 is 2.00 bits per heavy atom. The van der Waals surface area contributed by atoms with Crippen LogP contribution in [0.3, 0.4) is 0 Å². The summed E-state index contributed by atoms with van der Waals surface area (Å²) in [6, 6.07) is 4.38. The van der Waals surface area contributed by atoms with Crippen molar-refractivity contribution in [1.29, 1.82) is 0 Å². The summed E-state index contributed by atoms with van der Waals surface area (Å²) in [5.41, 5.74) is 0.940. The second-order valence-corrected chi connectivity index (χ2v) is 8.46. The molecule has 3 aliphatic rings. The third kappa shape index (κ3) is 3.66. The molecule has 2 amide bonds. The van der Waals surface area contributed by atoms with Crippen LogP contribution in [0, 0.1) is 5.41 Å². The number of carbonyl (C=O) groups excluding carboxylic acids is 2. The van der Waals surface area contributed by atoms with Gasteiger partial charge in [-0.1, -0.05) is 0 Å². The van der Waals surface area contributed by atoms with Crippen molar-refractivity contribution < 1.29 is 9.59 Å². The zero-order valence-electron chi connectivity index (χ0n) is 16.5. The molecule has 1 spiro atoms. The van der Waals surface area contributed by atoms with Gasteiger partial charge in [-0.15, -0.1) is 0 Å². The van der Waals surface area contributed by atoms with Gasteiger partial charge in [0.15, 0.2) is 0 Å². The minimum atomic E-state index is 0.0150. The van der Waals surface area contributed by atoms with E-state index in [1.165, 1.54) is 12.8 Å². The maximum atomic E-state index is 12.2. The van der Waals surface area contributed by atoms with Crippen LogP contribution in [0.2, 0.25) is 0 Å². The van der Waals surface area contributed by atoms with Crippen LogP contribution in [-0.2, 0) is 4.79 Å². The molecule has 0 atom stereocenters. The first-order valence-corrected chi connectivity index (χ1v) is 10.3. The van der Waals surface area contributed by atoms with Gasteiger partial charge in [-0.25, -0.2) is 4.98 Å². The molecule has 6 heteroatoms. The summed E-state index contributed by atoms with van der Waals surface area (Å²) >= 11 is 0. The first kappa shape index (κ1) is 18.3. The van der Waals surface area contributed by atoms with Crippen molar-refractivity contribution in [2.75, 3.05) is 38.1 Å².